The summed E-state index contributed by atoms with van der Waals surface area (Å²) in [4.78, 5) is 48.2. The van der Waals surface area contributed by atoms with Crippen LogP contribution in [0.4, 0.5) is 0 Å². The SMILES string of the molecule is [2H][C@H]1C(=O)N(C(C)=O)[C@@H](C(C)C)C(=O)N1C(C)=O. The Bertz CT molecular complexity index is 421. The predicted octanol–water partition coefficient (Wildman–Crippen LogP) is -0.225. The normalized spacial score (nSPS) is 26.3. The minimum absolute atomic E-state index is 0.320. The standard InChI is InChI=1S/C11H16N2O4/c1-6(2)10-11(17)12(7(3)14)5-9(16)13(10)8(4)15/h6,10H,5H2,1-4H3/t10-/m0/s1/i5D/t5-,10-. The fraction of sp³-hybridized carbons (Fsp3) is 0.636. The third-order valence-corrected chi connectivity index (χ3v) is 2.56. The third kappa shape index (κ3) is 2.35. The molecule has 1 aliphatic rings. The molecule has 0 unspecified atom stereocenters. The predicted molar refractivity (Wildman–Crippen MR) is 58.5 cm³/mol. The van der Waals surface area contributed by atoms with Crippen LogP contribution in [0.15, 0.2) is 0 Å². The summed E-state index contributed by atoms with van der Waals surface area (Å²) >= 11 is 0. The molecule has 0 aliphatic carbocycles. The van der Waals surface area contributed by atoms with Gasteiger partial charge in [0.05, 0.1) is 1.37 Å². The lowest BCUT2D eigenvalue weighted by Crippen LogP contribution is -2.63. The Labute approximate surface area is 101 Å². The third-order valence-electron chi connectivity index (χ3n) is 2.56. The number of rotatable bonds is 1. The first kappa shape index (κ1) is 11.8. The molecule has 4 amide bonds. The van der Waals surface area contributed by atoms with Crippen LogP contribution in [0.3, 0.4) is 0 Å². The molecule has 0 aromatic carbocycles. The second-order valence-electron chi connectivity index (χ2n) is 4.27. The maximum Gasteiger partial charge on any atom is 0.253 e. The first-order chi connectivity index (χ1) is 8.20. The molecule has 1 heterocycles. The number of imide groups is 2. The number of amides is 4. The Hall–Kier alpha value is -1.72. The van der Waals surface area contributed by atoms with Gasteiger partial charge in [-0.1, -0.05) is 13.8 Å². The van der Waals surface area contributed by atoms with Gasteiger partial charge in [0.15, 0.2) is 0 Å². The highest BCUT2D eigenvalue weighted by Gasteiger charge is 2.44. The Balaban J connectivity index is 3.28. The van der Waals surface area contributed by atoms with E-state index in [-0.39, 0.29) is 5.92 Å². The van der Waals surface area contributed by atoms with E-state index in [1.165, 1.54) is 0 Å². The number of hydrogen-bond donors (Lipinski definition) is 0. The molecule has 0 saturated carbocycles. The largest absolute Gasteiger partial charge is 0.275 e. The highest BCUT2D eigenvalue weighted by atomic mass is 16.2. The summed E-state index contributed by atoms with van der Waals surface area (Å²) in [6.45, 7) is 3.96. The zero-order valence-electron chi connectivity index (χ0n) is 11.3. The number of carbonyl (C=O) groups is 4. The van der Waals surface area contributed by atoms with Crippen LogP contribution in [-0.2, 0) is 19.2 Å². The average Bonchev–Trinajstić information content (AvgIpc) is 2.21. The molecule has 1 saturated heterocycles. The van der Waals surface area contributed by atoms with E-state index in [0.717, 1.165) is 18.7 Å². The smallest absolute Gasteiger partial charge is 0.253 e. The zero-order valence-corrected chi connectivity index (χ0v) is 10.3. The molecular formula is C11H16N2O4. The quantitative estimate of drug-likeness (QED) is 0.635. The molecule has 17 heavy (non-hydrogen) atoms. The molecule has 0 aromatic heterocycles. The molecule has 0 aromatic rings. The molecule has 6 nitrogen and oxygen atoms in total. The van der Waals surface area contributed by atoms with Crippen LogP contribution in [-0.4, -0.2) is 46.0 Å². The van der Waals surface area contributed by atoms with Crippen molar-refractivity contribution in [2.45, 2.75) is 33.7 Å². The van der Waals surface area contributed by atoms with Gasteiger partial charge >= 0.3 is 0 Å². The first-order valence-corrected chi connectivity index (χ1v) is 5.29. The monoisotopic (exact) mass is 241 g/mol. The molecular weight excluding hydrogens is 224 g/mol. The van der Waals surface area contributed by atoms with Crippen molar-refractivity contribution in [2.75, 3.05) is 6.52 Å². The Morgan fingerprint density at radius 1 is 1.29 bits per heavy atom. The van der Waals surface area contributed by atoms with Gasteiger partial charge in [-0.2, -0.15) is 0 Å². The van der Waals surface area contributed by atoms with Crippen LogP contribution in [0.1, 0.15) is 29.1 Å². The van der Waals surface area contributed by atoms with Crippen molar-refractivity contribution >= 4 is 23.6 Å². The molecule has 0 radical (unpaired) electrons. The second kappa shape index (κ2) is 4.65. The van der Waals surface area contributed by atoms with Crippen molar-refractivity contribution in [1.82, 2.24) is 9.80 Å². The lowest BCUT2D eigenvalue weighted by atomic mass is 9.98. The van der Waals surface area contributed by atoms with Crippen LogP contribution in [0.5, 0.6) is 0 Å². The summed E-state index contributed by atoms with van der Waals surface area (Å²) < 4.78 is 7.59. The minimum atomic E-state index is -1.67. The van der Waals surface area contributed by atoms with Gasteiger partial charge in [0.1, 0.15) is 12.6 Å². The highest BCUT2D eigenvalue weighted by molar-refractivity contribution is 6.09. The number of carbonyl (C=O) groups excluding carboxylic acids is 4. The fourth-order valence-electron chi connectivity index (χ4n) is 1.81. The fourth-order valence-corrected chi connectivity index (χ4v) is 1.81. The van der Waals surface area contributed by atoms with Gasteiger partial charge in [-0.25, -0.2) is 0 Å². The van der Waals surface area contributed by atoms with Gasteiger partial charge in [0.25, 0.3) is 5.91 Å². The van der Waals surface area contributed by atoms with Crippen LogP contribution < -0.4 is 0 Å². The lowest BCUT2D eigenvalue weighted by Gasteiger charge is -2.39. The van der Waals surface area contributed by atoms with Crippen LogP contribution >= 0.6 is 0 Å². The molecule has 1 rings (SSSR count). The summed E-state index contributed by atoms with van der Waals surface area (Å²) in [7, 11) is 0. The van der Waals surface area contributed by atoms with Gasteiger partial charge in [0, 0.05) is 13.8 Å². The number of piperazine rings is 1. The highest BCUT2D eigenvalue weighted by Crippen LogP contribution is 2.19. The summed E-state index contributed by atoms with van der Waals surface area (Å²) in [5.41, 5.74) is 0. The maximum atomic E-state index is 12.1. The summed E-state index contributed by atoms with van der Waals surface area (Å²) in [5.74, 6) is -3.09. The molecule has 1 fully saturated rings. The number of nitrogens with zero attached hydrogens (tertiary/aromatic N) is 2. The van der Waals surface area contributed by atoms with Gasteiger partial charge in [-0.3, -0.25) is 29.0 Å². The minimum Gasteiger partial charge on any atom is -0.275 e. The van der Waals surface area contributed by atoms with E-state index in [2.05, 4.69) is 0 Å². The Morgan fingerprint density at radius 3 is 2.18 bits per heavy atom. The molecule has 0 bridgehead atoms. The lowest BCUT2D eigenvalue weighted by molar-refractivity contribution is -0.167. The van der Waals surface area contributed by atoms with E-state index in [9.17, 15) is 19.2 Å². The molecule has 1 aliphatic heterocycles. The van der Waals surface area contributed by atoms with E-state index in [1.807, 2.05) is 0 Å². The van der Waals surface area contributed by atoms with Crippen molar-refractivity contribution in [3.05, 3.63) is 0 Å². The van der Waals surface area contributed by atoms with Gasteiger partial charge in [0.2, 0.25) is 17.7 Å². The maximum absolute atomic E-state index is 12.1. The van der Waals surface area contributed by atoms with E-state index in [1.54, 1.807) is 13.8 Å². The van der Waals surface area contributed by atoms with Crippen molar-refractivity contribution in [1.29, 1.82) is 0 Å². The number of hydrogen-bond acceptors (Lipinski definition) is 4. The van der Waals surface area contributed by atoms with E-state index >= 15 is 0 Å². The Morgan fingerprint density at radius 2 is 1.82 bits per heavy atom. The summed E-state index contributed by atoms with van der Waals surface area (Å²) in [6.07, 6.45) is 0. The van der Waals surface area contributed by atoms with Crippen LogP contribution in [0, 0.1) is 5.92 Å². The van der Waals surface area contributed by atoms with Crippen molar-refractivity contribution in [2.24, 2.45) is 5.92 Å². The molecule has 6 heteroatoms. The van der Waals surface area contributed by atoms with Crippen LogP contribution in [0.25, 0.3) is 0 Å². The van der Waals surface area contributed by atoms with Crippen molar-refractivity contribution in [3.63, 3.8) is 0 Å². The molecule has 0 N–H and O–H groups in total. The van der Waals surface area contributed by atoms with Crippen molar-refractivity contribution in [3.8, 4) is 0 Å². The van der Waals surface area contributed by atoms with Crippen LogP contribution in [0.2, 0.25) is 0 Å². The molecule has 0 spiro atoms. The molecule has 94 valence electrons. The molecule has 2 atom stereocenters. The van der Waals surface area contributed by atoms with Crippen molar-refractivity contribution < 1.29 is 20.5 Å². The summed E-state index contributed by atoms with van der Waals surface area (Å²) in [5, 5.41) is 0. The van der Waals surface area contributed by atoms with Gasteiger partial charge < -0.3 is 0 Å². The Kier molecular flexibility index (Phi) is 3.21. The zero-order chi connectivity index (χ0) is 14.2. The van der Waals surface area contributed by atoms with Gasteiger partial charge in [-0.15, -0.1) is 0 Å². The van der Waals surface area contributed by atoms with Gasteiger partial charge in [-0.05, 0) is 5.92 Å². The average molecular weight is 241 g/mol. The van der Waals surface area contributed by atoms with E-state index in [0.29, 0.717) is 4.90 Å². The van der Waals surface area contributed by atoms with E-state index in [4.69, 9.17) is 1.37 Å². The first-order valence-electron chi connectivity index (χ1n) is 5.87. The summed E-state index contributed by atoms with van der Waals surface area (Å²) in [6, 6.07) is -1.01. The topological polar surface area (TPSA) is 74.8 Å². The van der Waals surface area contributed by atoms with E-state index < -0.39 is 36.2 Å². The second-order valence-corrected chi connectivity index (χ2v) is 4.27.